The first kappa shape index (κ1) is 20.6. The van der Waals surface area contributed by atoms with Gasteiger partial charge in [-0.15, -0.1) is 11.3 Å². The molecule has 0 spiro atoms. The van der Waals surface area contributed by atoms with E-state index in [1.165, 1.54) is 16.9 Å². The van der Waals surface area contributed by atoms with E-state index in [0.717, 1.165) is 23.3 Å². The zero-order valence-electron chi connectivity index (χ0n) is 16.6. The molecule has 6 heteroatoms. The molecule has 0 saturated heterocycles. The van der Waals surface area contributed by atoms with E-state index in [2.05, 4.69) is 41.7 Å². The molecular formula is C23H25N3O2S. The minimum absolute atomic E-state index is 0.199. The van der Waals surface area contributed by atoms with Gasteiger partial charge in [-0.05, 0) is 43.2 Å². The van der Waals surface area contributed by atoms with Crippen LogP contribution in [0.5, 0.6) is 0 Å². The van der Waals surface area contributed by atoms with Crippen LogP contribution in [0, 0.1) is 0 Å². The summed E-state index contributed by atoms with van der Waals surface area (Å²) in [5.74, 6) is -0.199. The second-order valence-corrected chi connectivity index (χ2v) is 7.70. The summed E-state index contributed by atoms with van der Waals surface area (Å²) >= 11 is 1.38. The third kappa shape index (κ3) is 5.23. The third-order valence-corrected chi connectivity index (χ3v) is 5.54. The lowest BCUT2D eigenvalue weighted by atomic mass is 10.0. The van der Waals surface area contributed by atoms with Gasteiger partial charge in [0.2, 0.25) is 0 Å². The quantitative estimate of drug-likeness (QED) is 0.288. The summed E-state index contributed by atoms with van der Waals surface area (Å²) in [5.41, 5.74) is 9.34. The van der Waals surface area contributed by atoms with Crippen molar-refractivity contribution in [2.24, 2.45) is 5.16 Å². The topological polar surface area (TPSA) is 76.7 Å². The molecule has 1 atom stereocenters. The minimum atomic E-state index is -0.366. The molecule has 1 aromatic heterocycles. The van der Waals surface area contributed by atoms with E-state index in [1.54, 1.807) is 31.3 Å². The highest BCUT2D eigenvalue weighted by atomic mass is 32.1. The van der Waals surface area contributed by atoms with Crippen LogP contribution in [0.3, 0.4) is 0 Å². The number of thiophene rings is 1. The SMILES string of the molecule is CC=NOC(c1ccc(CCC)cc1)c1ccc(C(=O)Nc2ccccc2N)s1. The molecule has 3 aromatic rings. The Morgan fingerprint density at radius 3 is 2.62 bits per heavy atom. The average molecular weight is 408 g/mol. The molecule has 3 N–H and O–H groups in total. The number of nitrogens with two attached hydrogens (primary N) is 1. The van der Waals surface area contributed by atoms with Crippen molar-refractivity contribution in [3.8, 4) is 0 Å². The van der Waals surface area contributed by atoms with E-state index in [9.17, 15) is 4.79 Å². The van der Waals surface area contributed by atoms with Crippen LogP contribution in [0.2, 0.25) is 0 Å². The van der Waals surface area contributed by atoms with E-state index in [1.807, 2.05) is 18.2 Å². The summed E-state index contributed by atoms with van der Waals surface area (Å²) in [6.45, 7) is 3.97. The van der Waals surface area contributed by atoms with Gasteiger partial charge in [0.25, 0.3) is 5.91 Å². The molecule has 3 rings (SSSR count). The highest BCUT2D eigenvalue weighted by Crippen LogP contribution is 2.32. The van der Waals surface area contributed by atoms with Gasteiger partial charge in [-0.25, -0.2) is 0 Å². The standard InChI is InChI=1S/C23H25N3O2S/c1-3-7-16-10-12-17(13-11-16)22(28-25-4-2)20-14-15-21(29-20)23(27)26-19-9-6-5-8-18(19)24/h4-6,8-15,22H,3,7,24H2,1-2H3,(H,26,27). The Hall–Kier alpha value is -3.12. The molecule has 5 nitrogen and oxygen atoms in total. The number of nitrogen functional groups attached to an aromatic ring is 1. The molecule has 1 amide bonds. The fraction of sp³-hybridized carbons (Fsp3) is 0.217. The molecule has 0 saturated carbocycles. The Labute approximate surface area is 175 Å². The Morgan fingerprint density at radius 1 is 1.17 bits per heavy atom. The molecule has 1 heterocycles. The second kappa shape index (κ2) is 9.89. The number of nitrogens with one attached hydrogen (secondary N) is 1. The molecule has 0 fully saturated rings. The minimum Gasteiger partial charge on any atom is -0.397 e. The van der Waals surface area contributed by atoms with Gasteiger partial charge < -0.3 is 15.9 Å². The molecule has 0 aliphatic carbocycles. The van der Waals surface area contributed by atoms with Crippen molar-refractivity contribution in [3.05, 3.63) is 81.5 Å². The number of carbonyl (C=O) groups is 1. The summed E-state index contributed by atoms with van der Waals surface area (Å²) in [6.07, 6.45) is 3.40. The highest BCUT2D eigenvalue weighted by Gasteiger charge is 2.20. The van der Waals surface area contributed by atoms with Gasteiger partial charge in [-0.1, -0.05) is 54.9 Å². The molecule has 29 heavy (non-hydrogen) atoms. The van der Waals surface area contributed by atoms with E-state index in [0.29, 0.717) is 16.3 Å². The number of hydrogen-bond donors (Lipinski definition) is 2. The Balaban J connectivity index is 1.81. The summed E-state index contributed by atoms with van der Waals surface area (Å²) in [5, 5.41) is 6.84. The van der Waals surface area contributed by atoms with E-state index in [-0.39, 0.29) is 12.0 Å². The van der Waals surface area contributed by atoms with Crippen molar-refractivity contribution in [2.45, 2.75) is 32.8 Å². The summed E-state index contributed by atoms with van der Waals surface area (Å²) in [6, 6.07) is 19.3. The lowest BCUT2D eigenvalue weighted by molar-refractivity contribution is 0.0910. The lowest BCUT2D eigenvalue weighted by Gasteiger charge is -2.14. The van der Waals surface area contributed by atoms with E-state index >= 15 is 0 Å². The van der Waals surface area contributed by atoms with Crippen molar-refractivity contribution < 1.29 is 9.63 Å². The predicted octanol–water partition coefficient (Wildman–Crippen LogP) is 5.65. The number of oxime groups is 1. The third-order valence-electron chi connectivity index (χ3n) is 4.41. The van der Waals surface area contributed by atoms with Gasteiger partial charge in [0.1, 0.15) is 0 Å². The van der Waals surface area contributed by atoms with Crippen LogP contribution in [0.15, 0.2) is 65.8 Å². The van der Waals surface area contributed by atoms with Crippen LogP contribution >= 0.6 is 11.3 Å². The molecule has 0 aliphatic rings. The maximum absolute atomic E-state index is 12.6. The monoisotopic (exact) mass is 407 g/mol. The number of benzene rings is 2. The number of hydrogen-bond acceptors (Lipinski definition) is 5. The summed E-state index contributed by atoms with van der Waals surface area (Å²) in [7, 11) is 0. The second-order valence-electron chi connectivity index (χ2n) is 6.58. The highest BCUT2D eigenvalue weighted by molar-refractivity contribution is 7.14. The number of anilines is 2. The first-order valence-corrected chi connectivity index (χ1v) is 10.4. The van der Waals surface area contributed by atoms with Gasteiger partial charge in [-0.2, -0.15) is 0 Å². The fourth-order valence-electron chi connectivity index (χ4n) is 2.96. The zero-order valence-corrected chi connectivity index (χ0v) is 17.4. The summed E-state index contributed by atoms with van der Waals surface area (Å²) < 4.78 is 0. The Bertz CT molecular complexity index is 980. The van der Waals surface area contributed by atoms with E-state index in [4.69, 9.17) is 10.6 Å². The van der Waals surface area contributed by atoms with Crippen LogP contribution in [0.4, 0.5) is 11.4 Å². The van der Waals surface area contributed by atoms with Crippen LogP contribution in [0.25, 0.3) is 0 Å². The van der Waals surface area contributed by atoms with Crippen molar-refractivity contribution >= 4 is 34.8 Å². The maximum atomic E-state index is 12.6. The van der Waals surface area contributed by atoms with Crippen molar-refractivity contribution in [1.29, 1.82) is 0 Å². The first-order chi connectivity index (χ1) is 14.1. The molecule has 150 valence electrons. The summed E-state index contributed by atoms with van der Waals surface area (Å²) in [4.78, 5) is 19.9. The zero-order chi connectivity index (χ0) is 20.6. The van der Waals surface area contributed by atoms with Crippen LogP contribution < -0.4 is 11.1 Å². The van der Waals surface area contributed by atoms with Gasteiger partial charge >= 0.3 is 0 Å². The van der Waals surface area contributed by atoms with Crippen molar-refractivity contribution in [3.63, 3.8) is 0 Å². The molecular weight excluding hydrogens is 382 g/mol. The predicted molar refractivity (Wildman–Crippen MR) is 121 cm³/mol. The number of amides is 1. The number of aryl methyl sites for hydroxylation is 1. The van der Waals surface area contributed by atoms with Gasteiger partial charge in [0, 0.05) is 11.8 Å². The smallest absolute Gasteiger partial charge is 0.265 e. The lowest BCUT2D eigenvalue weighted by Crippen LogP contribution is -2.11. The first-order valence-electron chi connectivity index (χ1n) is 9.60. The normalized spacial score (nSPS) is 12.1. The molecule has 2 aromatic carbocycles. The number of rotatable bonds is 8. The Morgan fingerprint density at radius 2 is 1.93 bits per heavy atom. The van der Waals surface area contributed by atoms with Crippen LogP contribution in [-0.2, 0) is 11.3 Å². The van der Waals surface area contributed by atoms with Crippen molar-refractivity contribution in [1.82, 2.24) is 0 Å². The molecule has 1 unspecified atom stereocenters. The van der Waals surface area contributed by atoms with Crippen LogP contribution in [-0.4, -0.2) is 12.1 Å². The number of nitrogens with zero attached hydrogens (tertiary/aromatic N) is 1. The average Bonchev–Trinajstić information content (AvgIpc) is 3.21. The molecule has 0 bridgehead atoms. The molecule has 0 radical (unpaired) electrons. The molecule has 0 aliphatic heterocycles. The number of carbonyl (C=O) groups excluding carboxylic acids is 1. The van der Waals surface area contributed by atoms with Gasteiger partial charge in [0.05, 0.1) is 21.1 Å². The van der Waals surface area contributed by atoms with E-state index < -0.39 is 0 Å². The Kier molecular flexibility index (Phi) is 7.03. The van der Waals surface area contributed by atoms with Crippen molar-refractivity contribution in [2.75, 3.05) is 11.1 Å². The maximum Gasteiger partial charge on any atom is 0.265 e. The van der Waals surface area contributed by atoms with Crippen LogP contribution in [0.1, 0.15) is 52.0 Å². The largest absolute Gasteiger partial charge is 0.397 e. The fourth-order valence-corrected chi connectivity index (χ4v) is 3.91. The number of para-hydroxylation sites is 2. The van der Waals surface area contributed by atoms with Gasteiger partial charge in [-0.3, -0.25) is 4.79 Å². The van der Waals surface area contributed by atoms with Gasteiger partial charge in [0.15, 0.2) is 6.10 Å².